The van der Waals surface area contributed by atoms with Gasteiger partial charge in [0.05, 0.1) is 6.42 Å². The fourth-order valence-electron chi connectivity index (χ4n) is 4.54. The fourth-order valence-corrected chi connectivity index (χ4v) is 5.21. The molecule has 0 aliphatic heterocycles. The minimum Gasteiger partial charge on any atom is -0.351 e. The van der Waals surface area contributed by atoms with E-state index in [2.05, 4.69) is 5.32 Å². The van der Waals surface area contributed by atoms with E-state index in [9.17, 15) is 18.8 Å². The lowest BCUT2D eigenvalue weighted by atomic mass is 9.94. The standard InChI is InChI=1S/C28H29FN2O3S/c1-19(32)21-9-13-25(14-10-21)31(26(33)17-20-15-16-35-18-20)27(22-7-11-23(29)12-8-22)28(34)30-24-5-3-2-4-6-24/h7-16,18,24,27H,2-6,17H2,1H3,(H,30,34)/t27-/m1/s1. The van der Waals surface area contributed by atoms with Gasteiger partial charge in [0.25, 0.3) is 0 Å². The Morgan fingerprint density at radius 2 is 1.69 bits per heavy atom. The molecule has 7 heteroatoms. The molecule has 0 spiro atoms. The molecule has 2 aromatic carbocycles. The van der Waals surface area contributed by atoms with Crippen LogP contribution in [0.25, 0.3) is 0 Å². The summed E-state index contributed by atoms with van der Waals surface area (Å²) in [6.45, 7) is 1.48. The maximum absolute atomic E-state index is 13.8. The number of hydrogen-bond acceptors (Lipinski definition) is 4. The molecular weight excluding hydrogens is 463 g/mol. The van der Waals surface area contributed by atoms with Crippen LogP contribution in [-0.2, 0) is 16.0 Å². The molecule has 0 saturated heterocycles. The van der Waals surface area contributed by atoms with E-state index in [4.69, 9.17) is 0 Å². The number of Topliss-reactive ketones (excluding diaryl/α,β-unsaturated/α-hetero) is 1. The molecule has 182 valence electrons. The molecule has 5 nitrogen and oxygen atoms in total. The summed E-state index contributed by atoms with van der Waals surface area (Å²) in [7, 11) is 0. The molecule has 4 rings (SSSR count). The van der Waals surface area contributed by atoms with Crippen molar-refractivity contribution in [1.82, 2.24) is 5.32 Å². The molecule has 35 heavy (non-hydrogen) atoms. The van der Waals surface area contributed by atoms with E-state index in [1.54, 1.807) is 36.4 Å². The Hall–Kier alpha value is -3.32. The first-order chi connectivity index (χ1) is 16.9. The van der Waals surface area contributed by atoms with Crippen molar-refractivity contribution in [3.63, 3.8) is 0 Å². The Balaban J connectivity index is 1.75. The maximum Gasteiger partial charge on any atom is 0.248 e. The number of rotatable bonds is 8. The van der Waals surface area contributed by atoms with Crippen LogP contribution in [0.4, 0.5) is 10.1 Å². The largest absolute Gasteiger partial charge is 0.351 e. The average molecular weight is 493 g/mol. The Morgan fingerprint density at radius 3 is 2.29 bits per heavy atom. The number of amides is 2. The minimum atomic E-state index is -0.980. The van der Waals surface area contributed by atoms with Crippen molar-refractivity contribution >= 4 is 34.6 Å². The average Bonchev–Trinajstić information content (AvgIpc) is 3.37. The summed E-state index contributed by atoms with van der Waals surface area (Å²) < 4.78 is 13.8. The molecule has 2 amide bonds. The van der Waals surface area contributed by atoms with Gasteiger partial charge in [-0.15, -0.1) is 0 Å². The molecule has 0 radical (unpaired) electrons. The van der Waals surface area contributed by atoms with Crippen LogP contribution in [-0.4, -0.2) is 23.6 Å². The zero-order chi connectivity index (χ0) is 24.8. The molecule has 1 N–H and O–H groups in total. The topological polar surface area (TPSA) is 66.5 Å². The lowest BCUT2D eigenvalue weighted by Crippen LogP contribution is -2.47. The van der Waals surface area contributed by atoms with Crippen LogP contribution in [0.5, 0.6) is 0 Å². The number of nitrogens with zero attached hydrogens (tertiary/aromatic N) is 1. The summed E-state index contributed by atoms with van der Waals surface area (Å²) in [5.41, 5.74) is 2.40. The number of benzene rings is 2. The Bertz CT molecular complexity index is 1150. The molecule has 1 atom stereocenters. The van der Waals surface area contributed by atoms with Crippen molar-refractivity contribution < 1.29 is 18.8 Å². The lowest BCUT2D eigenvalue weighted by Gasteiger charge is -2.33. The summed E-state index contributed by atoms with van der Waals surface area (Å²) in [5, 5.41) is 6.96. The van der Waals surface area contributed by atoms with Gasteiger partial charge in [-0.25, -0.2) is 4.39 Å². The smallest absolute Gasteiger partial charge is 0.248 e. The first kappa shape index (κ1) is 24.8. The van der Waals surface area contributed by atoms with Crippen LogP contribution in [0.1, 0.15) is 66.6 Å². The number of carbonyl (C=O) groups is 3. The monoisotopic (exact) mass is 492 g/mol. The highest BCUT2D eigenvalue weighted by Crippen LogP contribution is 2.30. The van der Waals surface area contributed by atoms with E-state index in [1.807, 2.05) is 16.8 Å². The number of anilines is 1. The third kappa shape index (κ3) is 6.22. The van der Waals surface area contributed by atoms with E-state index in [1.165, 1.54) is 35.3 Å². The number of ketones is 1. The van der Waals surface area contributed by atoms with Crippen LogP contribution in [0.3, 0.4) is 0 Å². The number of hydrogen-bond donors (Lipinski definition) is 1. The number of carbonyl (C=O) groups excluding carboxylic acids is 3. The van der Waals surface area contributed by atoms with E-state index >= 15 is 0 Å². The fraction of sp³-hybridized carbons (Fsp3) is 0.321. The van der Waals surface area contributed by atoms with Crippen molar-refractivity contribution in [1.29, 1.82) is 0 Å². The number of halogens is 1. The van der Waals surface area contributed by atoms with Gasteiger partial charge >= 0.3 is 0 Å². The molecule has 1 fully saturated rings. The predicted octanol–water partition coefficient (Wildman–Crippen LogP) is 5.86. The zero-order valence-electron chi connectivity index (χ0n) is 19.7. The first-order valence-electron chi connectivity index (χ1n) is 11.9. The van der Waals surface area contributed by atoms with Gasteiger partial charge in [0.15, 0.2) is 5.78 Å². The van der Waals surface area contributed by atoms with Gasteiger partial charge in [0.2, 0.25) is 11.8 Å². The first-order valence-corrected chi connectivity index (χ1v) is 12.9. The molecule has 1 saturated carbocycles. The van der Waals surface area contributed by atoms with E-state index in [0.29, 0.717) is 16.8 Å². The van der Waals surface area contributed by atoms with Crippen LogP contribution >= 0.6 is 11.3 Å². The second-order valence-corrected chi connectivity index (χ2v) is 9.75. The van der Waals surface area contributed by atoms with Gasteiger partial charge < -0.3 is 5.32 Å². The van der Waals surface area contributed by atoms with Crippen LogP contribution in [0, 0.1) is 5.82 Å². The SMILES string of the molecule is CC(=O)c1ccc(N(C(=O)Cc2ccsc2)[C@@H](C(=O)NC2CCCCC2)c2ccc(F)cc2)cc1. The Morgan fingerprint density at radius 1 is 1.00 bits per heavy atom. The second kappa shape index (κ2) is 11.4. The highest BCUT2D eigenvalue weighted by atomic mass is 32.1. The van der Waals surface area contributed by atoms with Gasteiger partial charge in [-0.1, -0.05) is 31.4 Å². The van der Waals surface area contributed by atoms with Gasteiger partial charge in [0.1, 0.15) is 11.9 Å². The third-order valence-electron chi connectivity index (χ3n) is 6.40. The van der Waals surface area contributed by atoms with Crippen molar-refractivity contribution in [3.05, 3.63) is 87.9 Å². The normalized spacial score (nSPS) is 14.8. The summed E-state index contributed by atoms with van der Waals surface area (Å²) in [4.78, 5) is 40.7. The van der Waals surface area contributed by atoms with E-state index in [0.717, 1.165) is 37.7 Å². The Kier molecular flexibility index (Phi) is 8.08. The van der Waals surface area contributed by atoms with E-state index in [-0.39, 0.29) is 30.1 Å². The predicted molar refractivity (Wildman–Crippen MR) is 136 cm³/mol. The number of nitrogens with one attached hydrogen (secondary N) is 1. The van der Waals surface area contributed by atoms with Gasteiger partial charge in [0, 0.05) is 17.3 Å². The third-order valence-corrected chi connectivity index (χ3v) is 7.13. The summed E-state index contributed by atoms with van der Waals surface area (Å²) in [6.07, 6.45) is 5.18. The summed E-state index contributed by atoms with van der Waals surface area (Å²) >= 11 is 1.50. The molecule has 0 bridgehead atoms. The van der Waals surface area contributed by atoms with Gasteiger partial charge in [-0.3, -0.25) is 19.3 Å². The van der Waals surface area contributed by atoms with Crippen molar-refractivity contribution in [2.75, 3.05) is 4.90 Å². The van der Waals surface area contributed by atoms with Crippen LogP contribution in [0.2, 0.25) is 0 Å². The minimum absolute atomic E-state index is 0.0492. The highest BCUT2D eigenvalue weighted by molar-refractivity contribution is 7.08. The van der Waals surface area contributed by atoms with Crippen molar-refractivity contribution in [3.8, 4) is 0 Å². The molecular formula is C28H29FN2O3S. The maximum atomic E-state index is 13.8. The molecule has 1 aromatic heterocycles. The number of thiophene rings is 1. The Labute approximate surface area is 209 Å². The highest BCUT2D eigenvalue weighted by Gasteiger charge is 2.34. The molecule has 0 unspecified atom stereocenters. The summed E-state index contributed by atoms with van der Waals surface area (Å²) in [5.74, 6) is -1.05. The summed E-state index contributed by atoms with van der Waals surface area (Å²) in [6, 6.07) is 13.3. The lowest BCUT2D eigenvalue weighted by molar-refractivity contribution is -0.127. The molecule has 1 aliphatic carbocycles. The van der Waals surface area contributed by atoms with Crippen LogP contribution < -0.4 is 10.2 Å². The van der Waals surface area contributed by atoms with Gasteiger partial charge in [-0.05, 0) is 84.1 Å². The second-order valence-electron chi connectivity index (χ2n) is 8.97. The molecule has 1 aliphatic rings. The van der Waals surface area contributed by atoms with E-state index < -0.39 is 11.9 Å². The zero-order valence-corrected chi connectivity index (χ0v) is 20.5. The molecule has 3 aromatic rings. The van der Waals surface area contributed by atoms with Crippen LogP contribution in [0.15, 0.2) is 65.4 Å². The molecule has 1 heterocycles. The van der Waals surface area contributed by atoms with Crippen molar-refractivity contribution in [2.24, 2.45) is 0 Å². The quantitative estimate of drug-likeness (QED) is 0.401. The van der Waals surface area contributed by atoms with Crippen molar-refractivity contribution in [2.45, 2.75) is 57.5 Å². The van der Waals surface area contributed by atoms with Gasteiger partial charge in [-0.2, -0.15) is 11.3 Å².